The van der Waals surface area contributed by atoms with Gasteiger partial charge in [-0.2, -0.15) is 0 Å². The first-order valence-corrected chi connectivity index (χ1v) is 7.57. The van der Waals surface area contributed by atoms with Gasteiger partial charge in [-0.1, -0.05) is 12.1 Å². The summed E-state index contributed by atoms with van der Waals surface area (Å²) in [5.41, 5.74) is 2.16. The number of methoxy groups -OCH3 is 1. The Morgan fingerprint density at radius 3 is 2.91 bits per heavy atom. The zero-order valence-electron chi connectivity index (χ0n) is 13.0. The molecule has 1 unspecified atom stereocenters. The predicted molar refractivity (Wildman–Crippen MR) is 87.1 cm³/mol. The number of rotatable bonds is 4. The fourth-order valence-electron chi connectivity index (χ4n) is 2.88. The fourth-order valence-corrected chi connectivity index (χ4v) is 2.88. The van der Waals surface area contributed by atoms with E-state index in [1.54, 1.807) is 19.2 Å². The normalized spacial score (nSPS) is 16.8. The zero-order chi connectivity index (χ0) is 15.5. The molecule has 0 saturated heterocycles. The average molecular weight is 299 g/mol. The second-order valence-electron chi connectivity index (χ2n) is 5.49. The lowest BCUT2D eigenvalue weighted by atomic mass is 10.0. The molecule has 1 N–H and O–H groups in total. The van der Waals surface area contributed by atoms with Crippen molar-refractivity contribution in [1.82, 2.24) is 0 Å². The summed E-state index contributed by atoms with van der Waals surface area (Å²) in [6, 6.07) is 13.4. The first kappa shape index (κ1) is 14.6. The van der Waals surface area contributed by atoms with Crippen LogP contribution in [0.5, 0.6) is 17.2 Å². The van der Waals surface area contributed by atoms with Crippen LogP contribution in [-0.4, -0.2) is 31.4 Å². The van der Waals surface area contributed by atoms with Crippen molar-refractivity contribution in [2.24, 2.45) is 0 Å². The van der Waals surface area contributed by atoms with E-state index in [2.05, 4.69) is 17.9 Å². The molecular weight excluding hydrogens is 278 g/mol. The van der Waals surface area contributed by atoms with Gasteiger partial charge >= 0.3 is 0 Å². The molecule has 1 atom stereocenters. The van der Waals surface area contributed by atoms with Gasteiger partial charge in [0.1, 0.15) is 23.4 Å². The van der Waals surface area contributed by atoms with Gasteiger partial charge in [-0.25, -0.2) is 0 Å². The van der Waals surface area contributed by atoms with Crippen molar-refractivity contribution in [3.8, 4) is 17.2 Å². The number of fused-ring (bicyclic) bond motifs is 1. The van der Waals surface area contributed by atoms with Gasteiger partial charge in [0.25, 0.3) is 0 Å². The largest absolute Gasteiger partial charge is 0.508 e. The fraction of sp³-hybridized carbons (Fsp3) is 0.333. The van der Waals surface area contributed by atoms with E-state index < -0.39 is 0 Å². The lowest BCUT2D eigenvalue weighted by Crippen LogP contribution is -2.41. The van der Waals surface area contributed by atoms with E-state index in [-0.39, 0.29) is 11.9 Å². The van der Waals surface area contributed by atoms with Crippen LogP contribution in [0.4, 0.5) is 5.69 Å². The van der Waals surface area contributed by atoms with Crippen molar-refractivity contribution >= 4 is 5.69 Å². The van der Waals surface area contributed by atoms with Gasteiger partial charge in [-0.05, 0) is 36.8 Å². The minimum absolute atomic E-state index is 0.0871. The first-order valence-electron chi connectivity index (χ1n) is 7.57. The molecule has 1 aliphatic heterocycles. The second-order valence-corrected chi connectivity index (χ2v) is 5.49. The summed E-state index contributed by atoms with van der Waals surface area (Å²) in [6.07, 6.45) is 0.915. The number of hydrogen-bond acceptors (Lipinski definition) is 4. The monoisotopic (exact) mass is 299 g/mol. The molecule has 0 fully saturated rings. The number of hydrogen-bond donors (Lipinski definition) is 1. The number of benzene rings is 2. The minimum atomic E-state index is 0.0871. The summed E-state index contributed by atoms with van der Waals surface area (Å²) in [6.45, 7) is 3.81. The topological polar surface area (TPSA) is 41.9 Å². The van der Waals surface area contributed by atoms with Crippen molar-refractivity contribution in [2.75, 3.05) is 25.1 Å². The van der Waals surface area contributed by atoms with Crippen LogP contribution in [0.15, 0.2) is 42.5 Å². The molecule has 1 heterocycles. The van der Waals surface area contributed by atoms with Gasteiger partial charge in [0.2, 0.25) is 0 Å². The van der Waals surface area contributed by atoms with Crippen LogP contribution in [0.1, 0.15) is 12.5 Å². The molecule has 0 bridgehead atoms. The summed E-state index contributed by atoms with van der Waals surface area (Å²) in [4.78, 5) is 2.24. The Morgan fingerprint density at radius 1 is 1.27 bits per heavy atom. The van der Waals surface area contributed by atoms with Crippen LogP contribution in [0, 0.1) is 0 Å². The quantitative estimate of drug-likeness (QED) is 0.941. The van der Waals surface area contributed by atoms with Crippen LogP contribution in [-0.2, 0) is 6.42 Å². The third kappa shape index (κ3) is 2.96. The Kier molecular flexibility index (Phi) is 4.09. The molecule has 0 aliphatic carbocycles. The summed E-state index contributed by atoms with van der Waals surface area (Å²) < 4.78 is 11.4. The SMILES string of the molecule is CCN1CC(Cc2cccc(OC)c2)Oc2ccc(O)cc21. The Balaban J connectivity index is 1.80. The third-order valence-corrected chi connectivity index (χ3v) is 3.98. The lowest BCUT2D eigenvalue weighted by Gasteiger charge is -2.35. The zero-order valence-corrected chi connectivity index (χ0v) is 13.0. The summed E-state index contributed by atoms with van der Waals surface area (Å²) >= 11 is 0. The average Bonchev–Trinajstić information content (AvgIpc) is 2.54. The van der Waals surface area contributed by atoms with Gasteiger partial charge in [-0.3, -0.25) is 0 Å². The molecule has 3 rings (SSSR count). The van der Waals surface area contributed by atoms with E-state index >= 15 is 0 Å². The number of phenols is 1. The molecule has 0 amide bonds. The van der Waals surface area contributed by atoms with E-state index in [9.17, 15) is 5.11 Å². The van der Waals surface area contributed by atoms with Crippen LogP contribution in [0.25, 0.3) is 0 Å². The Hall–Kier alpha value is -2.36. The number of phenolic OH excluding ortho intramolecular Hbond substituents is 1. The molecule has 1 aliphatic rings. The third-order valence-electron chi connectivity index (χ3n) is 3.98. The van der Waals surface area contributed by atoms with Crippen molar-refractivity contribution in [3.63, 3.8) is 0 Å². The van der Waals surface area contributed by atoms with Crippen molar-refractivity contribution in [3.05, 3.63) is 48.0 Å². The molecule has 4 heteroatoms. The summed E-state index contributed by atoms with van der Waals surface area (Å²) in [5.74, 6) is 1.97. The molecule has 0 radical (unpaired) electrons. The highest BCUT2D eigenvalue weighted by atomic mass is 16.5. The van der Waals surface area contributed by atoms with Crippen LogP contribution in [0.2, 0.25) is 0 Å². The van der Waals surface area contributed by atoms with Crippen molar-refractivity contribution in [1.29, 1.82) is 0 Å². The van der Waals surface area contributed by atoms with Gasteiger partial charge in [-0.15, -0.1) is 0 Å². The molecule has 4 nitrogen and oxygen atoms in total. The summed E-state index contributed by atoms with van der Waals surface area (Å²) in [5, 5.41) is 9.66. The number of ether oxygens (including phenoxy) is 2. The minimum Gasteiger partial charge on any atom is -0.508 e. The lowest BCUT2D eigenvalue weighted by molar-refractivity contribution is 0.194. The van der Waals surface area contributed by atoms with E-state index in [0.717, 1.165) is 36.7 Å². The molecule has 116 valence electrons. The van der Waals surface area contributed by atoms with Gasteiger partial charge < -0.3 is 19.5 Å². The standard InChI is InChI=1S/C18H21NO3/c1-3-19-12-16(10-13-5-4-6-15(9-13)21-2)22-18-8-7-14(20)11-17(18)19/h4-9,11,16,20H,3,10,12H2,1-2H3. The summed E-state index contributed by atoms with van der Waals surface area (Å²) in [7, 11) is 1.68. The highest BCUT2D eigenvalue weighted by Gasteiger charge is 2.25. The number of aromatic hydroxyl groups is 1. The highest BCUT2D eigenvalue weighted by Crippen LogP contribution is 2.36. The molecule has 2 aromatic carbocycles. The smallest absolute Gasteiger partial charge is 0.143 e. The first-order chi connectivity index (χ1) is 10.7. The van der Waals surface area contributed by atoms with Gasteiger partial charge in [0.15, 0.2) is 0 Å². The number of anilines is 1. The maximum atomic E-state index is 9.66. The predicted octanol–water partition coefficient (Wildman–Crippen LogP) is 3.23. The molecule has 0 aromatic heterocycles. The van der Waals surface area contributed by atoms with Crippen LogP contribution in [0.3, 0.4) is 0 Å². The Labute approximate surface area is 130 Å². The Bertz CT molecular complexity index is 657. The second kappa shape index (κ2) is 6.18. The van der Waals surface area contributed by atoms with Crippen molar-refractivity contribution < 1.29 is 14.6 Å². The van der Waals surface area contributed by atoms with Crippen LogP contribution >= 0.6 is 0 Å². The Morgan fingerprint density at radius 2 is 2.14 bits per heavy atom. The van der Waals surface area contributed by atoms with E-state index in [4.69, 9.17) is 9.47 Å². The maximum absolute atomic E-state index is 9.66. The molecule has 0 spiro atoms. The van der Waals surface area contributed by atoms with Crippen molar-refractivity contribution in [2.45, 2.75) is 19.4 Å². The maximum Gasteiger partial charge on any atom is 0.143 e. The number of nitrogens with zero attached hydrogens (tertiary/aromatic N) is 1. The molecule has 22 heavy (non-hydrogen) atoms. The highest BCUT2D eigenvalue weighted by molar-refractivity contribution is 5.62. The van der Waals surface area contributed by atoms with Gasteiger partial charge in [0.05, 0.1) is 19.3 Å². The molecular formula is C18H21NO3. The molecule has 0 saturated carbocycles. The molecule has 2 aromatic rings. The van der Waals surface area contributed by atoms with E-state index in [1.165, 1.54) is 5.56 Å². The van der Waals surface area contributed by atoms with Crippen LogP contribution < -0.4 is 14.4 Å². The van der Waals surface area contributed by atoms with Gasteiger partial charge in [0, 0.05) is 19.0 Å². The van der Waals surface area contributed by atoms with E-state index in [1.807, 2.05) is 24.3 Å². The van der Waals surface area contributed by atoms with E-state index in [0.29, 0.717) is 0 Å². The number of likely N-dealkylation sites (N-methyl/N-ethyl adjacent to an activating group) is 1.